The highest BCUT2D eigenvalue weighted by molar-refractivity contribution is 7.48. The monoisotopic (exact) mass is 170 g/mol. The average molecular weight is 170 g/mol. The van der Waals surface area contributed by atoms with Gasteiger partial charge in [-0.05, 0) is 0 Å². The number of hydrogen-bond acceptors (Lipinski definition) is 4. The lowest BCUT2D eigenvalue weighted by molar-refractivity contribution is 0.170. The quantitative estimate of drug-likeness (QED) is 0.582. The van der Waals surface area contributed by atoms with E-state index < -0.39 is 20.6 Å². The van der Waals surface area contributed by atoms with Crippen LogP contribution in [-0.2, 0) is 18.1 Å². The molecule has 0 saturated carbocycles. The molecule has 1 fully saturated rings. The van der Waals surface area contributed by atoms with Gasteiger partial charge in [-0.25, -0.2) is 8.96 Å². The summed E-state index contributed by atoms with van der Waals surface area (Å²) in [6.07, 6.45) is -0.731. The predicted octanol–water partition coefficient (Wildman–Crippen LogP) is 1.13. The predicted molar refractivity (Wildman–Crippen MR) is 31.4 cm³/mol. The zero-order valence-corrected chi connectivity index (χ0v) is 6.34. The molecule has 2 atom stereocenters. The summed E-state index contributed by atoms with van der Waals surface area (Å²) in [4.78, 5) is 0. The molecular formula is C4H8FO4P. The first-order valence-corrected chi connectivity index (χ1v) is 4.21. The van der Waals surface area contributed by atoms with Gasteiger partial charge in [0.25, 0.3) is 0 Å². The Morgan fingerprint density at radius 1 is 1.90 bits per heavy atom. The summed E-state index contributed by atoms with van der Waals surface area (Å²) in [5.74, 6) is 0. The molecule has 0 radical (unpaired) electrons. The SMILES string of the molecule is COP1(=O)OCC(CF)O1. The van der Waals surface area contributed by atoms with Crippen LogP contribution in [0.1, 0.15) is 0 Å². The summed E-state index contributed by atoms with van der Waals surface area (Å²) < 4.78 is 36.2. The summed E-state index contributed by atoms with van der Waals surface area (Å²) >= 11 is 0. The van der Waals surface area contributed by atoms with Crippen molar-refractivity contribution in [1.82, 2.24) is 0 Å². The molecule has 10 heavy (non-hydrogen) atoms. The molecule has 1 aliphatic heterocycles. The van der Waals surface area contributed by atoms with E-state index in [1.165, 1.54) is 7.11 Å². The fourth-order valence-electron chi connectivity index (χ4n) is 0.586. The molecule has 1 aliphatic rings. The summed E-state index contributed by atoms with van der Waals surface area (Å²) in [7, 11) is -2.17. The van der Waals surface area contributed by atoms with Gasteiger partial charge in [-0.1, -0.05) is 0 Å². The number of rotatable bonds is 2. The van der Waals surface area contributed by atoms with Crippen LogP contribution in [0.3, 0.4) is 0 Å². The minimum Gasteiger partial charge on any atom is -0.290 e. The van der Waals surface area contributed by atoms with E-state index in [0.717, 1.165) is 0 Å². The van der Waals surface area contributed by atoms with Crippen molar-refractivity contribution in [3.63, 3.8) is 0 Å². The highest BCUT2D eigenvalue weighted by Gasteiger charge is 2.37. The largest absolute Gasteiger partial charge is 0.475 e. The Morgan fingerprint density at radius 3 is 2.90 bits per heavy atom. The van der Waals surface area contributed by atoms with Gasteiger partial charge in [-0.2, -0.15) is 0 Å². The van der Waals surface area contributed by atoms with Crippen LogP contribution in [0.2, 0.25) is 0 Å². The van der Waals surface area contributed by atoms with Crippen molar-refractivity contribution in [2.45, 2.75) is 6.10 Å². The molecule has 1 saturated heterocycles. The average Bonchev–Trinajstić information content (AvgIpc) is 2.33. The molecule has 0 aromatic carbocycles. The molecule has 4 nitrogen and oxygen atoms in total. The highest BCUT2D eigenvalue weighted by atomic mass is 31.2. The lowest BCUT2D eigenvalue weighted by Gasteiger charge is -2.04. The van der Waals surface area contributed by atoms with Crippen molar-refractivity contribution in [3.05, 3.63) is 0 Å². The Bertz CT molecular complexity index is 161. The minimum absolute atomic E-state index is 0.00160. The van der Waals surface area contributed by atoms with Crippen LogP contribution in [0, 0.1) is 0 Å². The molecule has 0 amide bonds. The Balaban J connectivity index is 2.49. The van der Waals surface area contributed by atoms with Crippen LogP contribution in [0.15, 0.2) is 0 Å². The van der Waals surface area contributed by atoms with Crippen LogP contribution < -0.4 is 0 Å². The molecule has 0 aliphatic carbocycles. The van der Waals surface area contributed by atoms with Gasteiger partial charge >= 0.3 is 7.82 Å². The fraction of sp³-hybridized carbons (Fsp3) is 1.00. The van der Waals surface area contributed by atoms with Gasteiger partial charge in [0.2, 0.25) is 0 Å². The van der Waals surface area contributed by atoms with E-state index in [9.17, 15) is 8.96 Å². The van der Waals surface area contributed by atoms with E-state index in [4.69, 9.17) is 0 Å². The fourth-order valence-corrected chi connectivity index (χ4v) is 1.67. The molecule has 0 aromatic heterocycles. The molecule has 0 aromatic rings. The molecule has 1 rings (SSSR count). The smallest absolute Gasteiger partial charge is 0.290 e. The Labute approximate surface area is 57.9 Å². The van der Waals surface area contributed by atoms with Gasteiger partial charge in [0.1, 0.15) is 12.8 Å². The molecule has 6 heteroatoms. The van der Waals surface area contributed by atoms with Crippen molar-refractivity contribution in [3.8, 4) is 0 Å². The van der Waals surface area contributed by atoms with Crippen molar-refractivity contribution in [2.75, 3.05) is 20.4 Å². The van der Waals surface area contributed by atoms with Crippen molar-refractivity contribution < 1.29 is 22.5 Å². The highest BCUT2D eigenvalue weighted by Crippen LogP contribution is 2.54. The first-order valence-electron chi connectivity index (χ1n) is 2.75. The summed E-state index contributed by atoms with van der Waals surface area (Å²) in [6, 6.07) is 0. The Morgan fingerprint density at radius 2 is 2.60 bits per heavy atom. The second-order valence-corrected chi connectivity index (χ2v) is 3.54. The maximum absolute atomic E-state index is 11.8. The lowest BCUT2D eigenvalue weighted by atomic mass is 10.4. The molecule has 0 spiro atoms. The third-order valence-corrected chi connectivity index (χ3v) is 2.56. The number of phosphoric acid groups is 1. The standard InChI is InChI=1S/C4H8FO4P/c1-7-10(6)8-3-4(2-5)9-10/h4H,2-3H2,1H3. The summed E-state index contributed by atoms with van der Waals surface area (Å²) in [6.45, 7) is -0.699. The van der Waals surface area contributed by atoms with Crippen molar-refractivity contribution >= 4 is 7.82 Å². The second-order valence-electron chi connectivity index (χ2n) is 1.81. The van der Waals surface area contributed by atoms with E-state index in [1.54, 1.807) is 0 Å². The van der Waals surface area contributed by atoms with Gasteiger partial charge in [-0.3, -0.25) is 13.6 Å². The van der Waals surface area contributed by atoms with E-state index >= 15 is 0 Å². The van der Waals surface area contributed by atoms with Gasteiger partial charge in [0.05, 0.1) is 6.61 Å². The van der Waals surface area contributed by atoms with E-state index in [2.05, 4.69) is 13.6 Å². The maximum atomic E-state index is 11.8. The zero-order chi connectivity index (χ0) is 7.61. The lowest BCUT2D eigenvalue weighted by Crippen LogP contribution is -2.10. The van der Waals surface area contributed by atoms with Gasteiger partial charge in [-0.15, -0.1) is 0 Å². The van der Waals surface area contributed by atoms with E-state index in [0.29, 0.717) is 0 Å². The number of phosphoric ester groups is 1. The van der Waals surface area contributed by atoms with E-state index in [1.807, 2.05) is 0 Å². The van der Waals surface area contributed by atoms with Gasteiger partial charge in [0.15, 0.2) is 0 Å². The molecule has 0 bridgehead atoms. The number of alkyl halides is 1. The van der Waals surface area contributed by atoms with E-state index in [-0.39, 0.29) is 6.61 Å². The normalized spacial score (nSPS) is 40.4. The third kappa shape index (κ3) is 1.55. The topological polar surface area (TPSA) is 44.8 Å². The van der Waals surface area contributed by atoms with Crippen LogP contribution in [-0.4, -0.2) is 26.5 Å². The van der Waals surface area contributed by atoms with Gasteiger partial charge in [0, 0.05) is 7.11 Å². The molecule has 1 heterocycles. The zero-order valence-electron chi connectivity index (χ0n) is 5.45. The Hall–Kier alpha value is 0.0400. The molecular weight excluding hydrogens is 162 g/mol. The van der Waals surface area contributed by atoms with Crippen LogP contribution in [0.5, 0.6) is 0 Å². The molecule has 60 valence electrons. The summed E-state index contributed by atoms with van der Waals surface area (Å²) in [5, 5.41) is 0. The van der Waals surface area contributed by atoms with Gasteiger partial charge < -0.3 is 0 Å². The van der Waals surface area contributed by atoms with Crippen LogP contribution in [0.25, 0.3) is 0 Å². The summed E-state index contributed by atoms with van der Waals surface area (Å²) in [5.41, 5.74) is 0. The Kier molecular flexibility index (Phi) is 2.41. The number of halogens is 1. The molecule has 0 N–H and O–H groups in total. The third-order valence-electron chi connectivity index (χ3n) is 1.09. The van der Waals surface area contributed by atoms with Crippen molar-refractivity contribution in [2.24, 2.45) is 0 Å². The number of hydrogen-bond donors (Lipinski definition) is 0. The first kappa shape index (κ1) is 8.14. The first-order chi connectivity index (χ1) is 4.70. The maximum Gasteiger partial charge on any atom is 0.475 e. The molecule has 2 unspecified atom stereocenters. The van der Waals surface area contributed by atoms with Crippen LogP contribution in [0.4, 0.5) is 4.39 Å². The van der Waals surface area contributed by atoms with Crippen LogP contribution >= 0.6 is 7.82 Å². The second kappa shape index (κ2) is 2.96. The minimum atomic E-state index is -3.36. The van der Waals surface area contributed by atoms with Crippen molar-refractivity contribution in [1.29, 1.82) is 0 Å².